The number of nitrogens with one attached hydrogen (secondary N) is 1. The minimum Gasteiger partial charge on any atom is -0.360 e. The molecular formula is C23H20N2O3S. The van der Waals surface area contributed by atoms with Crippen LogP contribution < -0.4 is 9.62 Å². The summed E-state index contributed by atoms with van der Waals surface area (Å²) in [7, 11) is -4.02. The number of rotatable bonds is 4. The molecule has 0 atom stereocenters. The van der Waals surface area contributed by atoms with Gasteiger partial charge in [-0.3, -0.25) is 9.10 Å². The minimum atomic E-state index is -4.02. The molecule has 3 aromatic rings. The summed E-state index contributed by atoms with van der Waals surface area (Å²) < 4.78 is 28.0. The zero-order valence-corrected chi connectivity index (χ0v) is 16.7. The summed E-state index contributed by atoms with van der Waals surface area (Å²) >= 11 is 0. The monoisotopic (exact) mass is 404 g/mol. The van der Waals surface area contributed by atoms with Crippen molar-refractivity contribution in [2.45, 2.75) is 13.5 Å². The highest BCUT2D eigenvalue weighted by Gasteiger charge is 2.39. The average Bonchev–Trinajstić information content (AvgIpc) is 2.73. The Labute approximate surface area is 170 Å². The molecular weight excluding hydrogens is 384 g/mol. The maximum atomic E-state index is 13.4. The second-order valence-corrected chi connectivity index (χ2v) is 8.69. The molecule has 0 amide bonds. The van der Waals surface area contributed by atoms with Crippen molar-refractivity contribution in [2.75, 3.05) is 9.62 Å². The van der Waals surface area contributed by atoms with Crippen molar-refractivity contribution >= 4 is 27.2 Å². The summed E-state index contributed by atoms with van der Waals surface area (Å²) in [6, 6.07) is 23.6. The van der Waals surface area contributed by atoms with Gasteiger partial charge in [-0.1, -0.05) is 60.2 Å². The first-order chi connectivity index (χ1) is 14.0. The normalized spacial score (nSPS) is 16.5. The molecule has 0 radical (unpaired) electrons. The van der Waals surface area contributed by atoms with E-state index in [1.807, 2.05) is 61.5 Å². The van der Waals surface area contributed by atoms with Gasteiger partial charge >= 0.3 is 0 Å². The molecule has 1 heterocycles. The molecule has 6 heteroatoms. The lowest BCUT2D eigenvalue weighted by molar-refractivity contribution is 0.104. The highest BCUT2D eigenvalue weighted by atomic mass is 32.2. The van der Waals surface area contributed by atoms with Gasteiger partial charge in [0, 0.05) is 17.5 Å². The fraction of sp³-hybridized carbons (Fsp3) is 0.0870. The van der Waals surface area contributed by atoms with Gasteiger partial charge in [-0.05, 0) is 36.8 Å². The number of benzene rings is 3. The quantitative estimate of drug-likeness (QED) is 0.651. The third kappa shape index (κ3) is 3.67. The molecule has 0 fully saturated rings. The van der Waals surface area contributed by atoms with Crippen LogP contribution in [0.2, 0.25) is 0 Å². The van der Waals surface area contributed by atoms with Gasteiger partial charge in [0.2, 0.25) is 5.78 Å². The summed E-state index contributed by atoms with van der Waals surface area (Å²) in [5, 5.41) is 2.95. The molecule has 4 rings (SSSR count). The standard InChI is InChI=1S/C23H20N2O3S/c1-17-11-13-19(14-12-17)24-15-22-23(26)20-9-5-6-10-21(20)25(29(22,27)28)16-18-7-3-2-4-8-18/h2-15,24H,16H2,1H3/b22-15+. The van der Waals surface area contributed by atoms with Gasteiger partial charge in [0.25, 0.3) is 10.0 Å². The minimum absolute atomic E-state index is 0.148. The third-order valence-corrected chi connectivity index (χ3v) is 6.56. The number of Topliss-reactive ketones (excluding diaryl/α,β-unsaturated/α-hetero) is 1. The number of para-hydroxylation sites is 1. The van der Waals surface area contributed by atoms with Gasteiger partial charge in [-0.25, -0.2) is 8.42 Å². The lowest BCUT2D eigenvalue weighted by Crippen LogP contribution is -2.39. The summed E-state index contributed by atoms with van der Waals surface area (Å²) in [5.41, 5.74) is 3.40. The van der Waals surface area contributed by atoms with E-state index in [1.54, 1.807) is 24.3 Å². The fourth-order valence-corrected chi connectivity index (χ4v) is 4.77. The van der Waals surface area contributed by atoms with E-state index in [0.29, 0.717) is 16.9 Å². The number of aryl methyl sites for hydroxylation is 1. The first-order valence-corrected chi connectivity index (χ1v) is 10.6. The van der Waals surface area contributed by atoms with E-state index in [-0.39, 0.29) is 11.4 Å². The Hall–Kier alpha value is -3.38. The Balaban J connectivity index is 1.77. The van der Waals surface area contributed by atoms with Crippen molar-refractivity contribution in [3.05, 3.63) is 107 Å². The fourth-order valence-electron chi connectivity index (χ4n) is 3.24. The lowest BCUT2D eigenvalue weighted by atomic mass is 10.1. The van der Waals surface area contributed by atoms with Gasteiger partial charge in [-0.15, -0.1) is 0 Å². The molecule has 1 aliphatic heterocycles. The summed E-state index contributed by atoms with van der Waals surface area (Å²) in [5.74, 6) is -0.510. The Kier molecular flexibility index (Phi) is 4.94. The molecule has 0 aliphatic carbocycles. The van der Waals surface area contributed by atoms with Crippen LogP contribution in [0.25, 0.3) is 0 Å². The Morgan fingerprint density at radius 2 is 1.55 bits per heavy atom. The molecule has 0 unspecified atom stereocenters. The molecule has 29 heavy (non-hydrogen) atoms. The SMILES string of the molecule is Cc1ccc(N/C=C2\C(=O)c3ccccc3N(Cc3ccccc3)S2(=O)=O)cc1. The molecule has 0 bridgehead atoms. The lowest BCUT2D eigenvalue weighted by Gasteiger charge is -2.31. The zero-order valence-electron chi connectivity index (χ0n) is 15.9. The van der Waals surface area contributed by atoms with Crippen molar-refractivity contribution in [1.82, 2.24) is 0 Å². The number of ketones is 1. The summed E-state index contributed by atoms with van der Waals surface area (Å²) in [6.45, 7) is 2.12. The van der Waals surface area contributed by atoms with Crippen LogP contribution in [0.5, 0.6) is 0 Å². The molecule has 3 aromatic carbocycles. The highest BCUT2D eigenvalue weighted by Crippen LogP contribution is 2.36. The van der Waals surface area contributed by atoms with Crippen molar-refractivity contribution in [3.63, 3.8) is 0 Å². The zero-order chi connectivity index (χ0) is 20.4. The van der Waals surface area contributed by atoms with Gasteiger partial charge in [0.15, 0.2) is 4.91 Å². The van der Waals surface area contributed by atoms with Crippen molar-refractivity contribution < 1.29 is 13.2 Å². The van der Waals surface area contributed by atoms with Crippen molar-refractivity contribution in [3.8, 4) is 0 Å². The molecule has 146 valence electrons. The van der Waals surface area contributed by atoms with Crippen LogP contribution in [-0.2, 0) is 16.6 Å². The number of carbonyl (C=O) groups is 1. The number of allylic oxidation sites excluding steroid dienone is 1. The van der Waals surface area contributed by atoms with Crippen LogP contribution in [0.4, 0.5) is 11.4 Å². The summed E-state index contributed by atoms with van der Waals surface area (Å²) in [4.78, 5) is 12.7. The first-order valence-electron chi connectivity index (χ1n) is 9.20. The topological polar surface area (TPSA) is 66.5 Å². The van der Waals surface area contributed by atoms with E-state index in [0.717, 1.165) is 11.1 Å². The average molecular weight is 404 g/mol. The number of sulfonamides is 1. The number of fused-ring (bicyclic) bond motifs is 1. The summed E-state index contributed by atoms with van der Waals surface area (Å²) in [6.07, 6.45) is 1.29. The van der Waals surface area contributed by atoms with E-state index in [9.17, 15) is 13.2 Å². The van der Waals surface area contributed by atoms with Crippen LogP contribution in [0, 0.1) is 6.92 Å². The number of hydrogen-bond acceptors (Lipinski definition) is 4. The van der Waals surface area contributed by atoms with E-state index in [2.05, 4.69) is 5.32 Å². The number of anilines is 2. The Bertz CT molecular complexity index is 1180. The smallest absolute Gasteiger partial charge is 0.270 e. The first kappa shape index (κ1) is 19.0. The molecule has 1 aliphatic rings. The van der Waals surface area contributed by atoms with E-state index in [4.69, 9.17) is 0 Å². The number of nitrogens with zero attached hydrogens (tertiary/aromatic N) is 1. The number of hydrogen-bond donors (Lipinski definition) is 1. The Morgan fingerprint density at radius 3 is 2.28 bits per heavy atom. The van der Waals surface area contributed by atoms with Crippen LogP contribution in [0.15, 0.2) is 90.0 Å². The predicted molar refractivity (Wildman–Crippen MR) is 115 cm³/mol. The van der Waals surface area contributed by atoms with Crippen LogP contribution in [-0.4, -0.2) is 14.2 Å². The molecule has 0 saturated heterocycles. The van der Waals surface area contributed by atoms with Crippen molar-refractivity contribution in [1.29, 1.82) is 0 Å². The number of carbonyl (C=O) groups excluding carboxylic acids is 1. The van der Waals surface area contributed by atoms with Gasteiger partial charge in [0.05, 0.1) is 12.2 Å². The van der Waals surface area contributed by atoms with Gasteiger partial charge in [-0.2, -0.15) is 0 Å². The van der Waals surface area contributed by atoms with E-state index < -0.39 is 15.8 Å². The Morgan fingerprint density at radius 1 is 0.897 bits per heavy atom. The van der Waals surface area contributed by atoms with Crippen LogP contribution in [0.3, 0.4) is 0 Å². The second-order valence-electron chi connectivity index (χ2n) is 6.86. The molecule has 0 aromatic heterocycles. The predicted octanol–water partition coefficient (Wildman–Crippen LogP) is 4.48. The molecule has 0 spiro atoms. The highest BCUT2D eigenvalue weighted by molar-refractivity contribution is 7.97. The molecule has 0 saturated carbocycles. The van der Waals surface area contributed by atoms with Crippen LogP contribution >= 0.6 is 0 Å². The van der Waals surface area contributed by atoms with Gasteiger partial charge < -0.3 is 5.32 Å². The van der Waals surface area contributed by atoms with E-state index in [1.165, 1.54) is 10.5 Å². The second kappa shape index (κ2) is 7.56. The largest absolute Gasteiger partial charge is 0.360 e. The van der Waals surface area contributed by atoms with Gasteiger partial charge in [0.1, 0.15) is 0 Å². The van der Waals surface area contributed by atoms with Crippen molar-refractivity contribution in [2.24, 2.45) is 0 Å². The molecule has 1 N–H and O–H groups in total. The van der Waals surface area contributed by atoms with Crippen LogP contribution in [0.1, 0.15) is 21.5 Å². The molecule has 5 nitrogen and oxygen atoms in total. The maximum absolute atomic E-state index is 13.4. The third-order valence-electron chi connectivity index (χ3n) is 4.80. The van der Waals surface area contributed by atoms with E-state index >= 15 is 0 Å². The maximum Gasteiger partial charge on any atom is 0.270 e.